The van der Waals surface area contributed by atoms with Gasteiger partial charge in [-0.05, 0) is 42.2 Å². The highest BCUT2D eigenvalue weighted by Gasteiger charge is 2.22. The molecular formula is C17H17NO2. The summed E-state index contributed by atoms with van der Waals surface area (Å²) in [6.07, 6.45) is 1.76. The minimum atomic E-state index is 0.0568. The van der Waals surface area contributed by atoms with E-state index >= 15 is 0 Å². The van der Waals surface area contributed by atoms with E-state index in [-0.39, 0.29) is 11.7 Å². The lowest BCUT2D eigenvalue weighted by atomic mass is 10.0. The zero-order chi connectivity index (χ0) is 13.9. The van der Waals surface area contributed by atoms with Crippen molar-refractivity contribution in [3.8, 4) is 5.75 Å². The monoisotopic (exact) mass is 267 g/mol. The average Bonchev–Trinajstić information content (AvgIpc) is 2.60. The van der Waals surface area contributed by atoms with Gasteiger partial charge in [0, 0.05) is 18.7 Å². The number of phenolic OH excluding ortho intramolecular Hbond substituents is 1. The van der Waals surface area contributed by atoms with Crippen LogP contribution in [0.1, 0.15) is 27.9 Å². The molecule has 0 atom stereocenters. The molecule has 1 aliphatic rings. The van der Waals surface area contributed by atoms with Crippen molar-refractivity contribution in [1.29, 1.82) is 0 Å². The SMILES string of the molecule is O=C1c2ccc(O)cc2CCCN1Cc1ccccc1. The third kappa shape index (κ3) is 2.52. The van der Waals surface area contributed by atoms with Crippen LogP contribution in [0.15, 0.2) is 48.5 Å². The Morgan fingerprint density at radius 3 is 2.70 bits per heavy atom. The molecule has 0 bridgehead atoms. The number of fused-ring (bicyclic) bond motifs is 1. The van der Waals surface area contributed by atoms with E-state index in [1.54, 1.807) is 18.2 Å². The van der Waals surface area contributed by atoms with Crippen LogP contribution in [-0.2, 0) is 13.0 Å². The average molecular weight is 267 g/mol. The molecule has 1 heterocycles. The fraction of sp³-hybridized carbons (Fsp3) is 0.235. The van der Waals surface area contributed by atoms with Gasteiger partial charge in [-0.15, -0.1) is 0 Å². The summed E-state index contributed by atoms with van der Waals surface area (Å²) in [5.74, 6) is 0.286. The number of phenols is 1. The number of hydrogen-bond acceptors (Lipinski definition) is 2. The van der Waals surface area contributed by atoms with Gasteiger partial charge in [-0.2, -0.15) is 0 Å². The third-order valence-electron chi connectivity index (χ3n) is 3.70. The topological polar surface area (TPSA) is 40.5 Å². The third-order valence-corrected chi connectivity index (χ3v) is 3.70. The fourth-order valence-electron chi connectivity index (χ4n) is 2.68. The van der Waals surface area contributed by atoms with Crippen LogP contribution in [-0.4, -0.2) is 22.5 Å². The lowest BCUT2D eigenvalue weighted by molar-refractivity contribution is 0.0749. The summed E-state index contributed by atoms with van der Waals surface area (Å²) < 4.78 is 0. The predicted octanol–water partition coefficient (Wildman–Crippen LogP) is 2.98. The molecule has 2 aromatic rings. The van der Waals surface area contributed by atoms with Gasteiger partial charge in [0.25, 0.3) is 5.91 Å². The Morgan fingerprint density at radius 1 is 1.10 bits per heavy atom. The van der Waals surface area contributed by atoms with Gasteiger partial charge in [-0.25, -0.2) is 0 Å². The molecule has 3 heteroatoms. The second kappa shape index (κ2) is 5.37. The van der Waals surface area contributed by atoms with Crippen molar-refractivity contribution in [1.82, 2.24) is 4.90 Å². The number of nitrogens with zero attached hydrogens (tertiary/aromatic N) is 1. The molecule has 1 N–H and O–H groups in total. The van der Waals surface area contributed by atoms with Crippen LogP contribution in [0.3, 0.4) is 0 Å². The second-order valence-corrected chi connectivity index (χ2v) is 5.16. The molecule has 20 heavy (non-hydrogen) atoms. The maximum atomic E-state index is 12.6. The number of aromatic hydroxyl groups is 1. The molecular weight excluding hydrogens is 250 g/mol. The molecule has 102 valence electrons. The number of amides is 1. The lowest BCUT2D eigenvalue weighted by Crippen LogP contribution is -2.30. The first-order valence-electron chi connectivity index (χ1n) is 6.89. The van der Waals surface area contributed by atoms with E-state index in [4.69, 9.17) is 0 Å². The summed E-state index contributed by atoms with van der Waals surface area (Å²) in [7, 11) is 0. The zero-order valence-corrected chi connectivity index (χ0v) is 11.2. The molecule has 3 rings (SSSR count). The predicted molar refractivity (Wildman–Crippen MR) is 77.6 cm³/mol. The van der Waals surface area contributed by atoms with Crippen LogP contribution in [0, 0.1) is 0 Å². The van der Waals surface area contributed by atoms with E-state index in [1.807, 2.05) is 35.2 Å². The Labute approximate surface area is 118 Å². The number of aryl methyl sites for hydroxylation is 1. The zero-order valence-electron chi connectivity index (χ0n) is 11.2. The quantitative estimate of drug-likeness (QED) is 0.908. The first-order chi connectivity index (χ1) is 9.74. The number of benzene rings is 2. The van der Waals surface area contributed by atoms with Crippen LogP contribution in [0.5, 0.6) is 5.75 Å². The molecule has 0 saturated carbocycles. The normalized spacial score (nSPS) is 14.8. The first kappa shape index (κ1) is 12.7. The molecule has 0 aliphatic carbocycles. The smallest absolute Gasteiger partial charge is 0.254 e. The summed E-state index contributed by atoms with van der Waals surface area (Å²) in [4.78, 5) is 14.5. The van der Waals surface area contributed by atoms with Gasteiger partial charge in [0.15, 0.2) is 0 Å². The highest BCUT2D eigenvalue weighted by atomic mass is 16.3. The van der Waals surface area contributed by atoms with Crippen molar-refractivity contribution in [2.75, 3.05) is 6.54 Å². The molecule has 0 fully saturated rings. The number of carbonyl (C=O) groups excluding carboxylic acids is 1. The number of carbonyl (C=O) groups is 1. The van der Waals surface area contributed by atoms with Crippen LogP contribution < -0.4 is 0 Å². The summed E-state index contributed by atoms with van der Waals surface area (Å²) in [6.45, 7) is 1.39. The molecule has 1 aliphatic heterocycles. The first-order valence-corrected chi connectivity index (χ1v) is 6.89. The van der Waals surface area contributed by atoms with Crippen molar-refractivity contribution in [2.24, 2.45) is 0 Å². The van der Waals surface area contributed by atoms with Gasteiger partial charge in [-0.1, -0.05) is 30.3 Å². The van der Waals surface area contributed by atoms with Crippen LogP contribution in [0.25, 0.3) is 0 Å². The molecule has 3 nitrogen and oxygen atoms in total. The van der Waals surface area contributed by atoms with Crippen LogP contribution in [0.4, 0.5) is 0 Å². The van der Waals surface area contributed by atoms with Gasteiger partial charge in [0.05, 0.1) is 0 Å². The van der Waals surface area contributed by atoms with E-state index in [0.717, 1.165) is 36.1 Å². The van der Waals surface area contributed by atoms with Crippen molar-refractivity contribution < 1.29 is 9.90 Å². The van der Waals surface area contributed by atoms with Gasteiger partial charge in [0.2, 0.25) is 0 Å². The van der Waals surface area contributed by atoms with Crippen molar-refractivity contribution in [3.05, 3.63) is 65.2 Å². The molecule has 0 saturated heterocycles. The molecule has 1 amide bonds. The Kier molecular flexibility index (Phi) is 3.42. The Hall–Kier alpha value is -2.29. The highest BCUT2D eigenvalue weighted by Crippen LogP contribution is 2.23. The Bertz CT molecular complexity index is 622. The largest absolute Gasteiger partial charge is 0.508 e. The summed E-state index contributed by atoms with van der Waals surface area (Å²) in [6, 6.07) is 15.1. The minimum Gasteiger partial charge on any atom is -0.508 e. The summed E-state index contributed by atoms with van der Waals surface area (Å²) >= 11 is 0. The van der Waals surface area contributed by atoms with Crippen LogP contribution >= 0.6 is 0 Å². The fourth-order valence-corrected chi connectivity index (χ4v) is 2.68. The van der Waals surface area contributed by atoms with Gasteiger partial charge < -0.3 is 10.0 Å². The lowest BCUT2D eigenvalue weighted by Gasteiger charge is -2.21. The van der Waals surface area contributed by atoms with E-state index in [2.05, 4.69) is 0 Å². The molecule has 2 aromatic carbocycles. The Balaban J connectivity index is 1.87. The second-order valence-electron chi connectivity index (χ2n) is 5.16. The molecule has 0 spiro atoms. The summed E-state index contributed by atoms with van der Waals surface area (Å²) in [5.41, 5.74) is 2.81. The number of rotatable bonds is 2. The van der Waals surface area contributed by atoms with Crippen LogP contribution in [0.2, 0.25) is 0 Å². The molecule has 0 unspecified atom stereocenters. The maximum Gasteiger partial charge on any atom is 0.254 e. The molecule has 0 aromatic heterocycles. The van der Waals surface area contributed by atoms with Crippen molar-refractivity contribution in [3.63, 3.8) is 0 Å². The van der Waals surface area contributed by atoms with E-state index in [0.29, 0.717) is 6.54 Å². The summed E-state index contributed by atoms with van der Waals surface area (Å²) in [5, 5.41) is 9.54. The Morgan fingerprint density at radius 2 is 1.90 bits per heavy atom. The van der Waals surface area contributed by atoms with Crippen molar-refractivity contribution >= 4 is 5.91 Å². The van der Waals surface area contributed by atoms with Crippen molar-refractivity contribution in [2.45, 2.75) is 19.4 Å². The maximum absolute atomic E-state index is 12.6. The number of hydrogen-bond donors (Lipinski definition) is 1. The highest BCUT2D eigenvalue weighted by molar-refractivity contribution is 5.96. The van der Waals surface area contributed by atoms with Gasteiger partial charge in [0.1, 0.15) is 5.75 Å². The van der Waals surface area contributed by atoms with Gasteiger partial charge >= 0.3 is 0 Å². The van der Waals surface area contributed by atoms with E-state index in [1.165, 1.54) is 0 Å². The van der Waals surface area contributed by atoms with E-state index < -0.39 is 0 Å². The molecule has 0 radical (unpaired) electrons. The standard InChI is InChI=1S/C17H17NO2/c19-15-8-9-16-14(11-15)7-4-10-18(17(16)20)12-13-5-2-1-3-6-13/h1-3,5-6,8-9,11,19H,4,7,10,12H2. The minimum absolute atomic E-state index is 0.0568. The van der Waals surface area contributed by atoms with E-state index in [9.17, 15) is 9.90 Å². The van der Waals surface area contributed by atoms with Gasteiger partial charge in [-0.3, -0.25) is 4.79 Å².